The maximum Gasteiger partial charge on any atom is 0.416 e. The van der Waals surface area contributed by atoms with Gasteiger partial charge in [0.15, 0.2) is 0 Å². The molecule has 0 spiro atoms. The van der Waals surface area contributed by atoms with Gasteiger partial charge in [-0.3, -0.25) is 0 Å². The number of nitrogens with one attached hydrogen (secondary N) is 1. The molecule has 0 bridgehead atoms. The van der Waals surface area contributed by atoms with Crippen molar-refractivity contribution < 1.29 is 18.0 Å². The summed E-state index contributed by atoms with van der Waals surface area (Å²) in [6.07, 6.45) is -4.43. The van der Waals surface area contributed by atoms with E-state index in [9.17, 15) is 18.0 Å². The van der Waals surface area contributed by atoms with Gasteiger partial charge in [0.1, 0.15) is 0 Å². The highest BCUT2D eigenvalue weighted by molar-refractivity contribution is 5.89. The van der Waals surface area contributed by atoms with E-state index >= 15 is 0 Å². The van der Waals surface area contributed by atoms with Gasteiger partial charge in [-0.05, 0) is 37.3 Å². The summed E-state index contributed by atoms with van der Waals surface area (Å²) in [5, 5.41) is 2.55. The second kappa shape index (κ2) is 7.27. The third-order valence-corrected chi connectivity index (χ3v) is 4.41. The van der Waals surface area contributed by atoms with Gasteiger partial charge in [-0.1, -0.05) is 23.8 Å². The van der Waals surface area contributed by atoms with E-state index in [4.69, 9.17) is 0 Å². The van der Waals surface area contributed by atoms with Gasteiger partial charge in [0.05, 0.1) is 5.56 Å². The number of rotatable bonds is 2. The van der Waals surface area contributed by atoms with E-state index in [-0.39, 0.29) is 11.7 Å². The Bertz CT molecular complexity index is 766. The van der Waals surface area contributed by atoms with E-state index in [0.717, 1.165) is 17.8 Å². The van der Waals surface area contributed by atoms with Crippen LogP contribution in [0, 0.1) is 6.92 Å². The Morgan fingerprint density at radius 1 is 1.00 bits per heavy atom. The van der Waals surface area contributed by atoms with Crippen LogP contribution < -0.4 is 10.2 Å². The molecule has 3 rings (SSSR count). The summed E-state index contributed by atoms with van der Waals surface area (Å²) < 4.78 is 38.3. The molecule has 2 aromatic rings. The van der Waals surface area contributed by atoms with E-state index in [1.807, 2.05) is 31.2 Å². The van der Waals surface area contributed by atoms with E-state index in [2.05, 4.69) is 10.2 Å². The average Bonchev–Trinajstić information content (AvgIpc) is 2.62. The van der Waals surface area contributed by atoms with Gasteiger partial charge in [0, 0.05) is 37.6 Å². The lowest BCUT2D eigenvalue weighted by molar-refractivity contribution is -0.137. The van der Waals surface area contributed by atoms with Crippen molar-refractivity contribution in [3.63, 3.8) is 0 Å². The van der Waals surface area contributed by atoms with Gasteiger partial charge in [0.2, 0.25) is 0 Å². The first kappa shape index (κ1) is 18.1. The molecule has 1 heterocycles. The number of hydrogen-bond acceptors (Lipinski definition) is 2. The molecule has 1 aliphatic rings. The molecule has 2 amide bonds. The van der Waals surface area contributed by atoms with Gasteiger partial charge >= 0.3 is 12.2 Å². The predicted octanol–water partition coefficient (Wildman–Crippen LogP) is 4.37. The summed E-state index contributed by atoms with van der Waals surface area (Å²) in [5.74, 6) is 0. The summed E-state index contributed by atoms with van der Waals surface area (Å²) in [5.41, 5.74) is 1.66. The van der Waals surface area contributed by atoms with Gasteiger partial charge in [-0.15, -0.1) is 0 Å². The molecule has 0 aliphatic carbocycles. The number of amides is 2. The number of aryl methyl sites for hydroxylation is 1. The highest BCUT2D eigenvalue weighted by atomic mass is 19.4. The minimum Gasteiger partial charge on any atom is -0.368 e. The lowest BCUT2D eigenvalue weighted by Gasteiger charge is -2.36. The van der Waals surface area contributed by atoms with E-state index in [1.165, 1.54) is 17.7 Å². The van der Waals surface area contributed by atoms with Crippen LogP contribution in [0.5, 0.6) is 0 Å². The van der Waals surface area contributed by atoms with Gasteiger partial charge < -0.3 is 15.1 Å². The molecule has 0 saturated carbocycles. The summed E-state index contributed by atoms with van der Waals surface area (Å²) in [6, 6.07) is 12.5. The SMILES string of the molecule is Cc1ccc(N2CCN(C(=O)Nc3cccc(C(F)(F)F)c3)CC2)cc1. The quantitative estimate of drug-likeness (QED) is 0.860. The maximum absolute atomic E-state index is 12.8. The Hall–Kier alpha value is -2.70. The number of piperazine rings is 1. The number of carbonyl (C=O) groups is 1. The first-order chi connectivity index (χ1) is 12.3. The Morgan fingerprint density at radius 3 is 2.27 bits per heavy atom. The molecule has 2 aromatic carbocycles. The fourth-order valence-corrected chi connectivity index (χ4v) is 2.90. The van der Waals surface area contributed by atoms with Gasteiger partial charge in [0.25, 0.3) is 0 Å². The number of hydrogen-bond donors (Lipinski definition) is 1. The summed E-state index contributed by atoms with van der Waals surface area (Å²) in [6.45, 7) is 4.41. The normalized spacial score (nSPS) is 15.1. The summed E-state index contributed by atoms with van der Waals surface area (Å²) >= 11 is 0. The Kier molecular flexibility index (Phi) is 5.06. The standard InChI is InChI=1S/C19H20F3N3O/c1-14-5-7-17(8-6-14)24-9-11-25(12-10-24)18(26)23-16-4-2-3-15(13-16)19(20,21)22/h2-8,13H,9-12H2,1H3,(H,23,26). The minimum atomic E-state index is -4.43. The van der Waals surface area contributed by atoms with Gasteiger partial charge in [-0.25, -0.2) is 4.79 Å². The van der Waals surface area contributed by atoms with E-state index in [1.54, 1.807) is 4.90 Å². The van der Waals surface area contributed by atoms with Crippen LogP contribution in [-0.4, -0.2) is 37.1 Å². The van der Waals surface area contributed by atoms with Crippen LogP contribution in [-0.2, 0) is 6.18 Å². The first-order valence-electron chi connectivity index (χ1n) is 8.38. The van der Waals surface area contributed by atoms with Crippen molar-refractivity contribution in [3.05, 3.63) is 59.7 Å². The average molecular weight is 363 g/mol. The molecule has 0 aromatic heterocycles. The zero-order valence-electron chi connectivity index (χ0n) is 14.4. The van der Waals surface area contributed by atoms with E-state index < -0.39 is 11.7 Å². The van der Waals surface area contributed by atoms with Crippen LogP contribution in [0.4, 0.5) is 29.3 Å². The molecule has 1 fully saturated rings. The second-order valence-electron chi connectivity index (χ2n) is 6.32. The highest BCUT2D eigenvalue weighted by Gasteiger charge is 2.30. The molecule has 0 radical (unpaired) electrons. The zero-order chi connectivity index (χ0) is 18.7. The Labute approximate surface area is 150 Å². The van der Waals surface area contributed by atoms with Crippen LogP contribution in [0.15, 0.2) is 48.5 Å². The molecule has 1 aliphatic heterocycles. The maximum atomic E-state index is 12.8. The molecule has 4 nitrogen and oxygen atoms in total. The third kappa shape index (κ3) is 4.28. The Morgan fingerprint density at radius 2 is 1.65 bits per heavy atom. The topological polar surface area (TPSA) is 35.6 Å². The lowest BCUT2D eigenvalue weighted by atomic mass is 10.2. The number of urea groups is 1. The lowest BCUT2D eigenvalue weighted by Crippen LogP contribution is -2.50. The zero-order valence-corrected chi connectivity index (χ0v) is 14.4. The molecule has 1 saturated heterocycles. The predicted molar refractivity (Wildman–Crippen MR) is 95.4 cm³/mol. The smallest absolute Gasteiger partial charge is 0.368 e. The molecule has 7 heteroatoms. The van der Waals surface area contributed by atoms with E-state index in [0.29, 0.717) is 26.2 Å². The summed E-state index contributed by atoms with van der Waals surface area (Å²) in [4.78, 5) is 16.1. The number of nitrogens with zero attached hydrogens (tertiary/aromatic N) is 2. The molecular weight excluding hydrogens is 343 g/mol. The first-order valence-corrected chi connectivity index (χ1v) is 8.38. The van der Waals surface area contributed by atoms with Crippen LogP contribution in [0.2, 0.25) is 0 Å². The highest BCUT2D eigenvalue weighted by Crippen LogP contribution is 2.30. The van der Waals surface area contributed by atoms with Crippen molar-refractivity contribution in [3.8, 4) is 0 Å². The van der Waals surface area contributed by atoms with Crippen molar-refractivity contribution in [2.75, 3.05) is 36.4 Å². The molecule has 26 heavy (non-hydrogen) atoms. The fraction of sp³-hybridized carbons (Fsp3) is 0.316. The Balaban J connectivity index is 1.58. The van der Waals surface area contributed by atoms with Crippen molar-refractivity contribution in [2.45, 2.75) is 13.1 Å². The molecule has 138 valence electrons. The van der Waals surface area contributed by atoms with Gasteiger partial charge in [-0.2, -0.15) is 13.2 Å². The van der Waals surface area contributed by atoms with Crippen LogP contribution in [0.1, 0.15) is 11.1 Å². The largest absolute Gasteiger partial charge is 0.416 e. The van der Waals surface area contributed by atoms with Crippen LogP contribution >= 0.6 is 0 Å². The number of benzene rings is 2. The van der Waals surface area contributed by atoms with Crippen LogP contribution in [0.3, 0.4) is 0 Å². The monoisotopic (exact) mass is 363 g/mol. The second-order valence-corrected chi connectivity index (χ2v) is 6.32. The number of anilines is 2. The number of alkyl halides is 3. The summed E-state index contributed by atoms with van der Waals surface area (Å²) in [7, 11) is 0. The van der Waals surface area contributed by atoms with Crippen molar-refractivity contribution in [1.29, 1.82) is 0 Å². The van der Waals surface area contributed by atoms with Crippen molar-refractivity contribution in [1.82, 2.24) is 4.90 Å². The van der Waals surface area contributed by atoms with Crippen molar-refractivity contribution in [2.24, 2.45) is 0 Å². The minimum absolute atomic E-state index is 0.144. The number of carbonyl (C=O) groups excluding carboxylic acids is 1. The van der Waals surface area contributed by atoms with Crippen LogP contribution in [0.25, 0.3) is 0 Å². The fourth-order valence-electron chi connectivity index (χ4n) is 2.90. The van der Waals surface area contributed by atoms with Crippen molar-refractivity contribution >= 4 is 17.4 Å². The molecule has 0 unspecified atom stereocenters. The number of halogens is 3. The third-order valence-electron chi connectivity index (χ3n) is 4.41. The molecule has 0 atom stereocenters. The molecular formula is C19H20F3N3O. The molecule has 1 N–H and O–H groups in total.